The molecule has 1 aromatic rings. The zero-order valence-electron chi connectivity index (χ0n) is 13.4. The van der Waals surface area contributed by atoms with Crippen molar-refractivity contribution in [2.75, 3.05) is 18.7 Å². The number of hydrogen-bond donors (Lipinski definition) is 0. The summed E-state index contributed by atoms with van der Waals surface area (Å²) >= 11 is 1.70. The average Bonchev–Trinajstić information content (AvgIpc) is 3.50. The lowest BCUT2D eigenvalue weighted by Crippen LogP contribution is -2.49. The minimum Gasteiger partial charge on any atom is -0.341 e. The highest BCUT2D eigenvalue weighted by atomic mass is 32.2. The lowest BCUT2D eigenvalue weighted by atomic mass is 10.1. The van der Waals surface area contributed by atoms with Crippen LogP contribution in [-0.2, 0) is 9.59 Å². The van der Waals surface area contributed by atoms with Gasteiger partial charge in [0.1, 0.15) is 6.04 Å². The van der Waals surface area contributed by atoms with Crippen molar-refractivity contribution in [3.05, 3.63) is 35.9 Å². The molecule has 4 rings (SSSR count). The van der Waals surface area contributed by atoms with Crippen molar-refractivity contribution in [1.29, 1.82) is 0 Å². The zero-order chi connectivity index (χ0) is 16.0. The molecule has 23 heavy (non-hydrogen) atoms. The Balaban J connectivity index is 1.43. The number of rotatable bonds is 4. The van der Waals surface area contributed by atoms with Gasteiger partial charge in [0.15, 0.2) is 0 Å². The van der Waals surface area contributed by atoms with E-state index in [-0.39, 0.29) is 23.8 Å². The van der Waals surface area contributed by atoms with Gasteiger partial charge >= 0.3 is 0 Å². The Morgan fingerprint density at radius 1 is 1.22 bits per heavy atom. The Labute approximate surface area is 141 Å². The Morgan fingerprint density at radius 2 is 1.96 bits per heavy atom. The number of benzene rings is 1. The van der Waals surface area contributed by atoms with Crippen LogP contribution in [0.2, 0.25) is 0 Å². The van der Waals surface area contributed by atoms with Gasteiger partial charge < -0.3 is 9.80 Å². The molecule has 3 aliphatic rings. The van der Waals surface area contributed by atoms with Crippen LogP contribution in [-0.4, -0.2) is 52.4 Å². The third-order valence-electron chi connectivity index (χ3n) is 5.23. The second kappa shape index (κ2) is 5.86. The topological polar surface area (TPSA) is 40.6 Å². The van der Waals surface area contributed by atoms with Gasteiger partial charge in [-0.05, 0) is 30.7 Å². The summed E-state index contributed by atoms with van der Waals surface area (Å²) in [6.07, 6.45) is 3.13. The molecule has 1 heterocycles. The number of amides is 2. The van der Waals surface area contributed by atoms with Crippen LogP contribution in [0.3, 0.4) is 0 Å². The first-order valence-corrected chi connectivity index (χ1v) is 9.52. The van der Waals surface area contributed by atoms with E-state index in [9.17, 15) is 9.59 Å². The van der Waals surface area contributed by atoms with E-state index in [4.69, 9.17) is 0 Å². The third kappa shape index (κ3) is 2.87. The van der Waals surface area contributed by atoms with Gasteiger partial charge in [0.05, 0.1) is 5.88 Å². The summed E-state index contributed by atoms with van der Waals surface area (Å²) in [7, 11) is 1.88. The van der Waals surface area contributed by atoms with Crippen LogP contribution in [0.4, 0.5) is 0 Å². The zero-order valence-corrected chi connectivity index (χ0v) is 14.2. The van der Waals surface area contributed by atoms with Crippen LogP contribution in [0, 0.1) is 5.92 Å². The van der Waals surface area contributed by atoms with E-state index in [0.29, 0.717) is 17.8 Å². The number of nitrogens with zero attached hydrogens (tertiary/aromatic N) is 2. The molecular formula is C18H22N2O2S. The van der Waals surface area contributed by atoms with Gasteiger partial charge in [0.2, 0.25) is 11.8 Å². The standard InChI is InChI=1S/C18H22N2O2S/c1-19(13-7-8-13)18(22)16-10-23-11-20(16)17(21)15-9-14(15)12-5-3-2-4-6-12/h2-6,13-16H,7-11H2,1H3/t14-,15+,16+/m1/s1. The van der Waals surface area contributed by atoms with E-state index in [2.05, 4.69) is 12.1 Å². The van der Waals surface area contributed by atoms with Gasteiger partial charge in [-0.25, -0.2) is 0 Å². The van der Waals surface area contributed by atoms with Crippen molar-refractivity contribution in [3.63, 3.8) is 0 Å². The fraction of sp³-hybridized carbons (Fsp3) is 0.556. The number of likely N-dealkylation sites (N-methyl/N-ethyl adjacent to an activating group) is 1. The summed E-state index contributed by atoms with van der Waals surface area (Å²) in [5.74, 6) is 2.11. The van der Waals surface area contributed by atoms with E-state index < -0.39 is 0 Å². The van der Waals surface area contributed by atoms with Gasteiger partial charge in [-0.3, -0.25) is 9.59 Å². The van der Waals surface area contributed by atoms with Gasteiger partial charge in [-0.1, -0.05) is 30.3 Å². The van der Waals surface area contributed by atoms with E-state index in [1.165, 1.54) is 5.56 Å². The summed E-state index contributed by atoms with van der Waals surface area (Å²) in [6, 6.07) is 10.4. The van der Waals surface area contributed by atoms with Crippen molar-refractivity contribution >= 4 is 23.6 Å². The summed E-state index contributed by atoms with van der Waals surface area (Å²) in [4.78, 5) is 29.2. The molecule has 122 valence electrons. The van der Waals surface area contributed by atoms with Gasteiger partial charge in [0, 0.05) is 24.8 Å². The highest BCUT2D eigenvalue weighted by Gasteiger charge is 2.49. The SMILES string of the molecule is CN(C(=O)[C@@H]1CSCN1C(=O)[C@H]1C[C@@H]1c1ccccc1)C1CC1. The monoisotopic (exact) mass is 330 g/mol. The first-order valence-electron chi connectivity index (χ1n) is 8.36. The number of carbonyl (C=O) groups is 2. The molecule has 0 radical (unpaired) electrons. The number of carbonyl (C=O) groups excluding carboxylic acids is 2. The molecule has 1 saturated heterocycles. The molecule has 2 aliphatic carbocycles. The maximum Gasteiger partial charge on any atom is 0.246 e. The highest BCUT2D eigenvalue weighted by Crippen LogP contribution is 2.49. The van der Waals surface area contributed by atoms with Gasteiger partial charge in [0.25, 0.3) is 0 Å². The molecule has 3 fully saturated rings. The fourth-order valence-electron chi connectivity index (χ4n) is 3.49. The average molecular weight is 330 g/mol. The summed E-state index contributed by atoms with van der Waals surface area (Å²) < 4.78 is 0. The number of hydrogen-bond acceptors (Lipinski definition) is 3. The Kier molecular flexibility index (Phi) is 3.84. The predicted octanol–water partition coefficient (Wildman–Crippen LogP) is 2.31. The lowest BCUT2D eigenvalue weighted by Gasteiger charge is -2.27. The van der Waals surface area contributed by atoms with Gasteiger partial charge in [-0.2, -0.15) is 0 Å². The molecule has 2 amide bonds. The second-order valence-corrected chi connectivity index (χ2v) is 7.86. The summed E-state index contributed by atoms with van der Waals surface area (Å²) in [5.41, 5.74) is 1.25. The van der Waals surface area contributed by atoms with Crippen LogP contribution in [0.1, 0.15) is 30.7 Å². The van der Waals surface area contributed by atoms with Crippen molar-refractivity contribution in [2.45, 2.75) is 37.3 Å². The largest absolute Gasteiger partial charge is 0.341 e. The first-order chi connectivity index (χ1) is 11.2. The Morgan fingerprint density at radius 3 is 2.65 bits per heavy atom. The summed E-state index contributed by atoms with van der Waals surface area (Å²) in [5, 5.41) is 0. The van der Waals surface area contributed by atoms with Crippen molar-refractivity contribution in [2.24, 2.45) is 5.92 Å². The lowest BCUT2D eigenvalue weighted by molar-refractivity contribution is -0.143. The van der Waals surface area contributed by atoms with Crippen LogP contribution in [0.15, 0.2) is 30.3 Å². The molecule has 5 heteroatoms. The molecule has 1 aliphatic heterocycles. The maximum atomic E-state index is 12.9. The van der Waals surface area contributed by atoms with Crippen molar-refractivity contribution in [1.82, 2.24) is 9.80 Å². The van der Waals surface area contributed by atoms with Crippen LogP contribution in [0.5, 0.6) is 0 Å². The normalized spacial score (nSPS) is 29.4. The Hall–Kier alpha value is -1.49. The van der Waals surface area contributed by atoms with Crippen molar-refractivity contribution in [3.8, 4) is 0 Å². The Bertz CT molecular complexity index is 617. The molecular weight excluding hydrogens is 308 g/mol. The molecule has 0 aromatic heterocycles. The van der Waals surface area contributed by atoms with Crippen LogP contribution < -0.4 is 0 Å². The molecule has 0 unspecified atom stereocenters. The fourth-order valence-corrected chi connectivity index (χ4v) is 4.65. The quantitative estimate of drug-likeness (QED) is 0.851. The smallest absolute Gasteiger partial charge is 0.246 e. The predicted molar refractivity (Wildman–Crippen MR) is 91.0 cm³/mol. The van der Waals surface area contributed by atoms with Crippen LogP contribution in [0.25, 0.3) is 0 Å². The van der Waals surface area contributed by atoms with Crippen LogP contribution >= 0.6 is 11.8 Å². The maximum absolute atomic E-state index is 12.9. The molecule has 0 N–H and O–H groups in total. The third-order valence-corrected chi connectivity index (χ3v) is 6.24. The number of thioether (sulfide) groups is 1. The minimum absolute atomic E-state index is 0.0673. The van der Waals surface area contributed by atoms with E-state index in [0.717, 1.165) is 25.0 Å². The highest BCUT2D eigenvalue weighted by molar-refractivity contribution is 7.99. The molecule has 0 spiro atoms. The minimum atomic E-state index is -0.255. The van der Waals surface area contributed by atoms with E-state index >= 15 is 0 Å². The molecule has 0 bridgehead atoms. The molecule has 3 atom stereocenters. The second-order valence-electron chi connectivity index (χ2n) is 6.86. The first kappa shape index (κ1) is 15.1. The molecule has 4 nitrogen and oxygen atoms in total. The summed E-state index contributed by atoms with van der Waals surface area (Å²) in [6.45, 7) is 0. The van der Waals surface area contributed by atoms with E-state index in [1.54, 1.807) is 11.8 Å². The van der Waals surface area contributed by atoms with Gasteiger partial charge in [-0.15, -0.1) is 11.8 Å². The molecule has 2 saturated carbocycles. The van der Waals surface area contributed by atoms with Crippen molar-refractivity contribution < 1.29 is 9.59 Å². The molecule has 1 aromatic carbocycles. The van der Waals surface area contributed by atoms with E-state index in [1.807, 2.05) is 35.0 Å².